The van der Waals surface area contributed by atoms with Crippen LogP contribution in [0.2, 0.25) is 0 Å². The molecule has 1 N–H and O–H groups in total. The fraction of sp³-hybridized carbons (Fsp3) is 0.588. The second-order valence-electron chi connectivity index (χ2n) is 6.79. The number of rotatable bonds is 7. The van der Waals surface area contributed by atoms with Crippen molar-refractivity contribution in [3.8, 4) is 11.4 Å². The molecule has 2 heterocycles. The first-order valence-electron chi connectivity index (χ1n) is 8.41. The van der Waals surface area contributed by atoms with E-state index in [1.807, 2.05) is 0 Å². The lowest BCUT2D eigenvalue weighted by Crippen LogP contribution is -2.27. The van der Waals surface area contributed by atoms with Gasteiger partial charge in [0, 0.05) is 27.9 Å². The molecule has 1 aliphatic carbocycles. The van der Waals surface area contributed by atoms with E-state index in [9.17, 15) is 4.79 Å². The summed E-state index contributed by atoms with van der Waals surface area (Å²) >= 11 is 3.22. The van der Waals surface area contributed by atoms with Gasteiger partial charge in [-0.1, -0.05) is 25.6 Å². The van der Waals surface area contributed by atoms with Gasteiger partial charge in [0.15, 0.2) is 11.0 Å². The molecule has 1 aliphatic rings. The van der Waals surface area contributed by atoms with E-state index >= 15 is 0 Å². The molecule has 0 unspecified atom stereocenters. The van der Waals surface area contributed by atoms with Gasteiger partial charge >= 0.3 is 0 Å². The molecular weight excluding hydrogens is 340 g/mol. The smallest absolute Gasteiger partial charge is 0.230 e. The van der Waals surface area contributed by atoms with Crippen molar-refractivity contribution in [1.82, 2.24) is 20.1 Å². The van der Waals surface area contributed by atoms with Crippen LogP contribution in [-0.4, -0.2) is 32.5 Å². The molecule has 3 rings (SSSR count). The highest BCUT2D eigenvalue weighted by Crippen LogP contribution is 2.32. The number of thiophene rings is 1. The van der Waals surface area contributed by atoms with Crippen LogP contribution in [0, 0.1) is 0 Å². The highest BCUT2D eigenvalue weighted by molar-refractivity contribution is 7.99. The highest BCUT2D eigenvalue weighted by Gasteiger charge is 2.24. The topological polar surface area (TPSA) is 59.8 Å². The number of aromatic nitrogens is 3. The minimum Gasteiger partial charge on any atom is -0.353 e. The zero-order valence-electron chi connectivity index (χ0n) is 14.6. The van der Waals surface area contributed by atoms with Gasteiger partial charge in [0.1, 0.15) is 0 Å². The third kappa shape index (κ3) is 4.00. The number of amides is 1. The van der Waals surface area contributed by atoms with Crippen LogP contribution in [0.15, 0.2) is 16.6 Å². The second kappa shape index (κ2) is 7.27. The van der Waals surface area contributed by atoms with E-state index in [1.54, 1.807) is 11.3 Å². The molecule has 1 fully saturated rings. The summed E-state index contributed by atoms with van der Waals surface area (Å²) in [7, 11) is 0. The lowest BCUT2D eigenvalue weighted by atomic mass is 10.1. The zero-order valence-corrected chi connectivity index (χ0v) is 16.2. The molecule has 0 spiro atoms. The number of carbonyl (C=O) groups excluding carboxylic acids is 1. The maximum absolute atomic E-state index is 11.9. The lowest BCUT2D eigenvalue weighted by molar-refractivity contribution is -0.118. The maximum atomic E-state index is 11.9. The van der Waals surface area contributed by atoms with Gasteiger partial charge in [-0.25, -0.2) is 0 Å². The Balaban J connectivity index is 1.77. The third-order valence-electron chi connectivity index (χ3n) is 3.90. The van der Waals surface area contributed by atoms with Crippen molar-refractivity contribution in [2.45, 2.75) is 63.7 Å². The SMILES string of the molecule is CC(C)c1cc(-c2nnc(SCC(=O)NC3CC3)n2C(C)C)cs1. The van der Waals surface area contributed by atoms with Crippen molar-refractivity contribution in [1.29, 1.82) is 0 Å². The Labute approximate surface area is 151 Å². The minimum atomic E-state index is 0.0833. The Bertz CT molecular complexity index is 716. The van der Waals surface area contributed by atoms with Crippen LogP contribution in [0.5, 0.6) is 0 Å². The number of carbonyl (C=O) groups is 1. The Morgan fingerprint density at radius 3 is 2.71 bits per heavy atom. The van der Waals surface area contributed by atoms with Crippen LogP contribution in [-0.2, 0) is 4.79 Å². The van der Waals surface area contributed by atoms with Gasteiger partial charge in [0.2, 0.25) is 5.91 Å². The molecule has 0 radical (unpaired) electrons. The molecule has 1 amide bonds. The molecule has 0 saturated heterocycles. The molecule has 0 bridgehead atoms. The summed E-state index contributed by atoms with van der Waals surface area (Å²) in [6, 6.07) is 2.84. The minimum absolute atomic E-state index is 0.0833. The Morgan fingerprint density at radius 1 is 1.38 bits per heavy atom. The molecule has 1 saturated carbocycles. The van der Waals surface area contributed by atoms with Crippen molar-refractivity contribution in [3.63, 3.8) is 0 Å². The van der Waals surface area contributed by atoms with E-state index in [2.05, 4.69) is 59.2 Å². The van der Waals surface area contributed by atoms with Crippen molar-refractivity contribution < 1.29 is 4.79 Å². The molecule has 0 aliphatic heterocycles. The molecule has 0 atom stereocenters. The summed E-state index contributed by atoms with van der Waals surface area (Å²) in [4.78, 5) is 13.3. The van der Waals surface area contributed by atoms with Crippen molar-refractivity contribution in [2.24, 2.45) is 0 Å². The summed E-state index contributed by atoms with van der Waals surface area (Å²) in [5.74, 6) is 1.87. The fourth-order valence-corrected chi connectivity index (χ4v) is 4.22. The number of hydrogen-bond donors (Lipinski definition) is 1. The van der Waals surface area contributed by atoms with E-state index in [0.717, 1.165) is 29.4 Å². The van der Waals surface area contributed by atoms with Gasteiger partial charge in [-0.3, -0.25) is 9.36 Å². The van der Waals surface area contributed by atoms with Gasteiger partial charge in [-0.05, 0) is 38.7 Å². The maximum Gasteiger partial charge on any atom is 0.230 e. The predicted molar refractivity (Wildman–Crippen MR) is 99.7 cm³/mol. The fourth-order valence-electron chi connectivity index (χ4n) is 2.44. The predicted octanol–water partition coefficient (Wildman–Crippen LogP) is 4.08. The molecule has 2 aromatic heterocycles. The van der Waals surface area contributed by atoms with Crippen LogP contribution in [0.1, 0.15) is 57.4 Å². The quantitative estimate of drug-likeness (QED) is 0.752. The molecule has 7 heteroatoms. The summed E-state index contributed by atoms with van der Waals surface area (Å²) in [6.07, 6.45) is 2.22. The van der Waals surface area contributed by atoms with Crippen LogP contribution in [0.3, 0.4) is 0 Å². The average Bonchev–Trinajstić information content (AvgIpc) is 3.04. The molecular formula is C17H24N4OS2. The van der Waals surface area contributed by atoms with Crippen LogP contribution >= 0.6 is 23.1 Å². The second-order valence-corrected chi connectivity index (χ2v) is 8.68. The summed E-state index contributed by atoms with van der Waals surface area (Å²) in [5.41, 5.74) is 1.11. The largest absolute Gasteiger partial charge is 0.353 e. The van der Waals surface area contributed by atoms with Crippen molar-refractivity contribution >= 4 is 29.0 Å². The summed E-state index contributed by atoms with van der Waals surface area (Å²) in [6.45, 7) is 8.64. The number of thioether (sulfide) groups is 1. The lowest BCUT2D eigenvalue weighted by Gasteiger charge is -2.13. The average molecular weight is 365 g/mol. The van der Waals surface area contributed by atoms with Crippen LogP contribution in [0.4, 0.5) is 0 Å². The monoisotopic (exact) mass is 364 g/mol. The van der Waals surface area contributed by atoms with Crippen LogP contribution in [0.25, 0.3) is 11.4 Å². The number of nitrogens with one attached hydrogen (secondary N) is 1. The molecule has 24 heavy (non-hydrogen) atoms. The van der Waals surface area contributed by atoms with Gasteiger partial charge in [0.25, 0.3) is 0 Å². The van der Waals surface area contributed by atoms with Gasteiger partial charge < -0.3 is 5.32 Å². The van der Waals surface area contributed by atoms with Crippen molar-refractivity contribution in [3.05, 3.63) is 16.3 Å². The van der Waals surface area contributed by atoms with Crippen molar-refractivity contribution in [2.75, 3.05) is 5.75 Å². The number of hydrogen-bond acceptors (Lipinski definition) is 5. The molecule has 130 valence electrons. The van der Waals surface area contributed by atoms with Crippen LogP contribution < -0.4 is 5.32 Å². The van der Waals surface area contributed by atoms with E-state index < -0.39 is 0 Å². The Morgan fingerprint density at radius 2 is 2.12 bits per heavy atom. The first-order chi connectivity index (χ1) is 11.5. The number of nitrogens with zero attached hydrogens (tertiary/aromatic N) is 3. The normalized spacial score (nSPS) is 14.6. The summed E-state index contributed by atoms with van der Waals surface area (Å²) in [5, 5.41) is 14.7. The van der Waals surface area contributed by atoms with E-state index in [1.165, 1.54) is 16.6 Å². The van der Waals surface area contributed by atoms with Gasteiger partial charge in [-0.15, -0.1) is 21.5 Å². The molecule has 2 aromatic rings. The van der Waals surface area contributed by atoms with Gasteiger partial charge in [-0.2, -0.15) is 0 Å². The third-order valence-corrected chi connectivity index (χ3v) is 6.08. The molecule has 0 aromatic carbocycles. The zero-order chi connectivity index (χ0) is 17.3. The highest BCUT2D eigenvalue weighted by atomic mass is 32.2. The molecule has 5 nitrogen and oxygen atoms in total. The summed E-state index contributed by atoms with van der Waals surface area (Å²) < 4.78 is 2.13. The van der Waals surface area contributed by atoms with E-state index in [4.69, 9.17) is 0 Å². The first-order valence-corrected chi connectivity index (χ1v) is 10.3. The Hall–Kier alpha value is -1.34. The van der Waals surface area contributed by atoms with E-state index in [0.29, 0.717) is 17.7 Å². The Kier molecular flexibility index (Phi) is 5.30. The van der Waals surface area contributed by atoms with Gasteiger partial charge in [0.05, 0.1) is 5.75 Å². The standard InChI is InChI=1S/C17H24N4OS2/c1-10(2)14-7-12(8-23-14)16-19-20-17(21(16)11(3)4)24-9-15(22)18-13-5-6-13/h7-8,10-11,13H,5-6,9H2,1-4H3,(H,18,22). The van der Waals surface area contributed by atoms with E-state index in [-0.39, 0.29) is 11.9 Å². The first kappa shape index (κ1) is 17.5.